The average Bonchev–Trinajstić information content (AvgIpc) is 2.57. The second kappa shape index (κ2) is 7.20. The van der Waals surface area contributed by atoms with Crippen molar-refractivity contribution < 1.29 is 27.7 Å². The molecule has 0 heterocycles. The molecule has 7 heteroatoms. The van der Waals surface area contributed by atoms with Crippen molar-refractivity contribution in [2.24, 2.45) is 0 Å². The summed E-state index contributed by atoms with van der Waals surface area (Å²) in [6, 6.07) is 16.7. The minimum absolute atomic E-state index is 0.414. The highest BCUT2D eigenvalue weighted by Gasteiger charge is 2.56. The maximum atomic E-state index is 11.9. The van der Waals surface area contributed by atoms with Crippen molar-refractivity contribution >= 4 is 53.4 Å². The van der Waals surface area contributed by atoms with E-state index in [0.29, 0.717) is 16.0 Å². The van der Waals surface area contributed by atoms with Crippen LogP contribution in [-0.4, -0.2) is 26.7 Å². The van der Waals surface area contributed by atoms with Gasteiger partial charge < -0.3 is 13.3 Å². The molecule has 0 spiro atoms. The van der Waals surface area contributed by atoms with E-state index in [2.05, 4.69) is 0 Å². The van der Waals surface area contributed by atoms with Gasteiger partial charge in [-0.15, -0.1) is 0 Å². The first kappa shape index (κ1) is 18.6. The molecule has 138 valence electrons. The number of benzene rings is 3. The summed E-state index contributed by atoms with van der Waals surface area (Å²) in [5, 5.41) is 3.47. The van der Waals surface area contributed by atoms with Crippen molar-refractivity contribution in [3.05, 3.63) is 54.6 Å². The van der Waals surface area contributed by atoms with Gasteiger partial charge in [0.25, 0.3) is 17.9 Å². The highest BCUT2D eigenvalue weighted by atomic mass is 28.4. The van der Waals surface area contributed by atoms with Crippen molar-refractivity contribution in [3.63, 3.8) is 0 Å². The molecule has 6 nitrogen and oxygen atoms in total. The van der Waals surface area contributed by atoms with Gasteiger partial charge in [0.2, 0.25) is 0 Å². The summed E-state index contributed by atoms with van der Waals surface area (Å²) >= 11 is 0. The van der Waals surface area contributed by atoms with Crippen LogP contribution in [0.4, 0.5) is 0 Å². The zero-order valence-electron chi connectivity index (χ0n) is 15.1. The molecular formula is C20H18O6Si. The van der Waals surface area contributed by atoms with E-state index in [1.54, 1.807) is 0 Å². The van der Waals surface area contributed by atoms with Crippen LogP contribution in [0, 0.1) is 0 Å². The molecular weight excluding hydrogens is 364 g/mol. The smallest absolute Gasteiger partial charge is 0.452 e. The van der Waals surface area contributed by atoms with Gasteiger partial charge in [0.05, 0.1) is 5.19 Å². The van der Waals surface area contributed by atoms with Crippen LogP contribution in [0.2, 0.25) is 0 Å². The van der Waals surface area contributed by atoms with Crippen molar-refractivity contribution in [2.45, 2.75) is 20.8 Å². The Bertz CT molecular complexity index is 964. The Hall–Kier alpha value is -3.19. The summed E-state index contributed by atoms with van der Waals surface area (Å²) < 4.78 is 16.4. The number of hydrogen-bond acceptors (Lipinski definition) is 6. The van der Waals surface area contributed by atoms with Crippen molar-refractivity contribution in [1.82, 2.24) is 0 Å². The topological polar surface area (TPSA) is 78.9 Å². The Morgan fingerprint density at radius 1 is 0.667 bits per heavy atom. The highest BCUT2D eigenvalue weighted by molar-refractivity contribution is 6.83. The van der Waals surface area contributed by atoms with Crippen LogP contribution in [0.25, 0.3) is 21.5 Å². The summed E-state index contributed by atoms with van der Waals surface area (Å²) in [7, 11) is -4.24. The van der Waals surface area contributed by atoms with Crippen LogP contribution in [0.15, 0.2) is 54.6 Å². The lowest BCUT2D eigenvalue weighted by Gasteiger charge is -2.28. The van der Waals surface area contributed by atoms with E-state index < -0.39 is 26.7 Å². The largest absolute Gasteiger partial charge is 0.744 e. The fourth-order valence-electron chi connectivity index (χ4n) is 3.13. The predicted octanol–water partition coefficient (Wildman–Crippen LogP) is 2.83. The monoisotopic (exact) mass is 382 g/mol. The summed E-state index contributed by atoms with van der Waals surface area (Å²) in [6.45, 7) is 3.55. The first-order valence-corrected chi connectivity index (χ1v) is 10.0. The minimum atomic E-state index is -4.24. The zero-order chi connectivity index (χ0) is 19.6. The lowest BCUT2D eigenvalue weighted by Crippen LogP contribution is -2.59. The van der Waals surface area contributed by atoms with Gasteiger partial charge >= 0.3 is 8.80 Å². The van der Waals surface area contributed by atoms with Gasteiger partial charge in [0.1, 0.15) is 0 Å². The Kier molecular flexibility index (Phi) is 4.96. The van der Waals surface area contributed by atoms with E-state index in [1.165, 1.54) is 20.8 Å². The van der Waals surface area contributed by atoms with E-state index >= 15 is 0 Å². The second-order valence-corrected chi connectivity index (χ2v) is 8.26. The van der Waals surface area contributed by atoms with Crippen LogP contribution in [0.1, 0.15) is 20.8 Å². The lowest BCUT2D eigenvalue weighted by atomic mass is 10.0. The average molecular weight is 382 g/mol. The van der Waals surface area contributed by atoms with E-state index in [-0.39, 0.29) is 0 Å². The molecule has 0 amide bonds. The molecule has 0 unspecified atom stereocenters. The molecule has 27 heavy (non-hydrogen) atoms. The van der Waals surface area contributed by atoms with Gasteiger partial charge in [-0.2, -0.15) is 0 Å². The molecule has 0 fully saturated rings. The number of hydrogen-bond donors (Lipinski definition) is 0. The summed E-state index contributed by atoms with van der Waals surface area (Å²) in [4.78, 5) is 35.7. The third-order valence-corrected chi connectivity index (χ3v) is 6.73. The summed E-state index contributed by atoms with van der Waals surface area (Å²) in [6.07, 6.45) is 0. The molecule has 3 aromatic rings. The third kappa shape index (κ3) is 3.68. The maximum absolute atomic E-state index is 11.9. The van der Waals surface area contributed by atoms with Crippen LogP contribution < -0.4 is 5.19 Å². The van der Waals surface area contributed by atoms with Crippen molar-refractivity contribution in [1.29, 1.82) is 0 Å². The number of carbonyl (C=O) groups excluding carboxylic acids is 3. The van der Waals surface area contributed by atoms with Gasteiger partial charge in [-0.1, -0.05) is 48.5 Å². The predicted molar refractivity (Wildman–Crippen MR) is 102 cm³/mol. The molecule has 0 aromatic heterocycles. The van der Waals surface area contributed by atoms with Gasteiger partial charge in [-0.3, -0.25) is 14.4 Å². The first-order valence-electron chi connectivity index (χ1n) is 8.32. The lowest BCUT2D eigenvalue weighted by molar-refractivity contribution is -0.146. The van der Waals surface area contributed by atoms with Gasteiger partial charge in [-0.25, -0.2) is 0 Å². The molecule has 0 N–H and O–H groups in total. The Morgan fingerprint density at radius 3 is 1.41 bits per heavy atom. The minimum Gasteiger partial charge on any atom is -0.452 e. The second-order valence-electron chi connectivity index (χ2n) is 6.03. The van der Waals surface area contributed by atoms with Crippen LogP contribution >= 0.6 is 0 Å². The molecule has 0 aliphatic rings. The first-order chi connectivity index (χ1) is 12.8. The summed E-state index contributed by atoms with van der Waals surface area (Å²) in [5.41, 5.74) is 0. The van der Waals surface area contributed by atoms with Crippen molar-refractivity contribution in [3.8, 4) is 0 Å². The number of carbonyl (C=O) groups is 3. The molecule has 0 saturated carbocycles. The van der Waals surface area contributed by atoms with Crippen LogP contribution in [0.5, 0.6) is 0 Å². The maximum Gasteiger partial charge on any atom is 0.744 e. The molecule has 0 saturated heterocycles. The van der Waals surface area contributed by atoms with Crippen LogP contribution in [0.3, 0.4) is 0 Å². The molecule has 0 radical (unpaired) electrons. The fraction of sp³-hybridized carbons (Fsp3) is 0.150. The normalized spacial score (nSPS) is 11.2. The van der Waals surface area contributed by atoms with Gasteiger partial charge in [-0.05, 0) is 27.6 Å². The Labute approximate surface area is 157 Å². The van der Waals surface area contributed by atoms with Crippen molar-refractivity contribution in [2.75, 3.05) is 0 Å². The fourth-order valence-corrected chi connectivity index (χ4v) is 5.81. The highest BCUT2D eigenvalue weighted by Crippen LogP contribution is 2.26. The van der Waals surface area contributed by atoms with Gasteiger partial charge in [0, 0.05) is 20.8 Å². The van der Waals surface area contributed by atoms with E-state index in [1.807, 2.05) is 54.6 Å². The molecule has 0 aliphatic carbocycles. The van der Waals surface area contributed by atoms with Gasteiger partial charge in [0.15, 0.2) is 0 Å². The molecule has 0 atom stereocenters. The quantitative estimate of drug-likeness (QED) is 0.510. The van der Waals surface area contributed by atoms with E-state index in [9.17, 15) is 14.4 Å². The molecule has 0 bridgehead atoms. The Morgan fingerprint density at radius 2 is 1.04 bits per heavy atom. The number of rotatable bonds is 4. The standard InChI is InChI=1S/C20H18O6Si/c1-13(21)24-27(25-14(2)22,26-15(3)23)20-18-10-6-4-8-16(18)12-17-9-5-7-11-19(17)20/h4-12H,1-3H3. The SMILES string of the molecule is CC(=O)O[Si](OC(C)=O)(OC(C)=O)c1c2ccccc2cc2ccccc12. The van der Waals surface area contributed by atoms with E-state index in [4.69, 9.17) is 13.3 Å². The molecule has 3 rings (SSSR count). The molecule has 0 aliphatic heterocycles. The summed E-state index contributed by atoms with van der Waals surface area (Å²) in [5.74, 6) is -2.12. The molecule has 3 aromatic carbocycles. The number of fused-ring (bicyclic) bond motifs is 2. The zero-order valence-corrected chi connectivity index (χ0v) is 16.1. The van der Waals surface area contributed by atoms with Crippen LogP contribution in [-0.2, 0) is 27.7 Å². The Balaban J connectivity index is 2.48. The van der Waals surface area contributed by atoms with E-state index in [0.717, 1.165) is 10.8 Å². The third-order valence-electron chi connectivity index (χ3n) is 3.91.